The summed E-state index contributed by atoms with van der Waals surface area (Å²) in [6.45, 7) is 0. The molecule has 5 rings (SSSR count). The molecule has 0 unspecified atom stereocenters. The summed E-state index contributed by atoms with van der Waals surface area (Å²) >= 11 is 1.31. The Balaban J connectivity index is 1.29. The molecule has 0 radical (unpaired) electrons. The zero-order chi connectivity index (χ0) is 25.7. The van der Waals surface area contributed by atoms with Gasteiger partial charge in [0.1, 0.15) is 0 Å². The number of benzene rings is 4. The summed E-state index contributed by atoms with van der Waals surface area (Å²) in [5.74, 6) is -0.453. The second kappa shape index (κ2) is 10.8. The number of nitrogens with zero attached hydrogens (tertiary/aromatic N) is 1. The largest absolute Gasteiger partial charge is 0.298 e. The van der Waals surface area contributed by atoms with Gasteiger partial charge in [-0.1, -0.05) is 84.9 Å². The molecule has 4 aromatic carbocycles. The van der Waals surface area contributed by atoms with Crippen LogP contribution in [0.25, 0.3) is 11.3 Å². The summed E-state index contributed by atoms with van der Waals surface area (Å²) in [6.07, 6.45) is 0.854. The van der Waals surface area contributed by atoms with Gasteiger partial charge in [0.2, 0.25) is 0 Å². The molecule has 0 atom stereocenters. The van der Waals surface area contributed by atoms with Crippen LogP contribution in [0.1, 0.15) is 21.5 Å². The molecule has 1 amide bonds. The van der Waals surface area contributed by atoms with Crippen LogP contribution in [0.15, 0.2) is 119 Å². The van der Waals surface area contributed by atoms with Gasteiger partial charge in [0.15, 0.2) is 5.13 Å². The van der Waals surface area contributed by atoms with Crippen LogP contribution in [0, 0.1) is 0 Å². The van der Waals surface area contributed by atoms with E-state index in [0.717, 1.165) is 17.7 Å². The normalized spacial score (nSPS) is 11.1. The number of hydrogen-bond acceptors (Lipinski definition) is 5. The fourth-order valence-corrected chi connectivity index (χ4v) is 5.64. The molecular weight excluding hydrogens is 502 g/mol. The van der Waals surface area contributed by atoms with Crippen molar-refractivity contribution >= 4 is 38.1 Å². The van der Waals surface area contributed by atoms with E-state index in [2.05, 4.69) is 39.3 Å². The predicted octanol–water partition coefficient (Wildman–Crippen LogP) is 6.45. The van der Waals surface area contributed by atoms with Gasteiger partial charge in [0, 0.05) is 10.9 Å². The first-order valence-corrected chi connectivity index (χ1v) is 13.9. The van der Waals surface area contributed by atoms with Crippen LogP contribution in [0.2, 0.25) is 0 Å². The molecule has 8 heteroatoms. The van der Waals surface area contributed by atoms with Crippen LogP contribution in [0.4, 0.5) is 10.8 Å². The zero-order valence-corrected chi connectivity index (χ0v) is 21.3. The summed E-state index contributed by atoms with van der Waals surface area (Å²) in [5.41, 5.74) is 4.54. The SMILES string of the molecule is O=C(Nc1nc(-c2ccc(Cc3ccccc3)cc2)cs1)c1ccccc1NS(=O)(=O)c1ccccc1. The molecule has 0 spiro atoms. The quantitative estimate of drug-likeness (QED) is 0.244. The molecule has 6 nitrogen and oxygen atoms in total. The molecule has 0 aliphatic heterocycles. The van der Waals surface area contributed by atoms with E-state index in [0.29, 0.717) is 5.13 Å². The lowest BCUT2D eigenvalue weighted by Gasteiger charge is -2.12. The van der Waals surface area contributed by atoms with Crippen molar-refractivity contribution in [1.82, 2.24) is 4.98 Å². The van der Waals surface area contributed by atoms with E-state index < -0.39 is 15.9 Å². The van der Waals surface area contributed by atoms with Gasteiger partial charge in [0.05, 0.1) is 21.8 Å². The average molecular weight is 526 g/mol. The number of para-hydroxylation sites is 1. The minimum atomic E-state index is -3.84. The van der Waals surface area contributed by atoms with E-state index in [4.69, 9.17) is 0 Å². The molecule has 0 saturated carbocycles. The highest BCUT2D eigenvalue weighted by atomic mass is 32.2. The first kappa shape index (κ1) is 24.4. The highest BCUT2D eigenvalue weighted by Crippen LogP contribution is 2.27. The molecule has 0 bridgehead atoms. The van der Waals surface area contributed by atoms with Crippen molar-refractivity contribution in [2.24, 2.45) is 0 Å². The van der Waals surface area contributed by atoms with Crippen LogP contribution >= 0.6 is 11.3 Å². The van der Waals surface area contributed by atoms with Gasteiger partial charge < -0.3 is 0 Å². The highest BCUT2D eigenvalue weighted by Gasteiger charge is 2.19. The highest BCUT2D eigenvalue weighted by molar-refractivity contribution is 7.92. The van der Waals surface area contributed by atoms with E-state index in [1.54, 1.807) is 42.5 Å². The number of rotatable bonds is 8. The molecule has 37 heavy (non-hydrogen) atoms. The van der Waals surface area contributed by atoms with Crippen LogP contribution in [0.5, 0.6) is 0 Å². The number of nitrogens with one attached hydrogen (secondary N) is 2. The molecule has 2 N–H and O–H groups in total. The Bertz CT molecular complexity index is 1620. The molecule has 5 aromatic rings. The number of amides is 1. The number of thiazole rings is 1. The standard InChI is InChI=1S/C29H23N3O3S2/c33-28(25-13-7-8-14-26(25)32-37(34,35)24-11-5-2-6-12-24)31-29-30-27(20-36-29)23-17-15-22(16-18-23)19-21-9-3-1-4-10-21/h1-18,20,32H,19H2,(H,30,31,33). The van der Waals surface area contributed by atoms with Crippen molar-refractivity contribution in [2.45, 2.75) is 11.3 Å². The molecule has 0 saturated heterocycles. The fourth-order valence-electron chi connectivity index (χ4n) is 3.83. The van der Waals surface area contributed by atoms with Gasteiger partial charge in [-0.3, -0.25) is 14.8 Å². The van der Waals surface area contributed by atoms with Gasteiger partial charge in [-0.05, 0) is 41.8 Å². The van der Waals surface area contributed by atoms with Crippen molar-refractivity contribution in [1.29, 1.82) is 0 Å². The Hall–Kier alpha value is -4.27. The maximum absolute atomic E-state index is 13.0. The summed E-state index contributed by atoms with van der Waals surface area (Å²) < 4.78 is 28.1. The van der Waals surface area contributed by atoms with Crippen molar-refractivity contribution in [3.05, 3.63) is 131 Å². The van der Waals surface area contributed by atoms with Crippen molar-refractivity contribution in [3.8, 4) is 11.3 Å². The maximum Gasteiger partial charge on any atom is 0.261 e. The zero-order valence-electron chi connectivity index (χ0n) is 19.7. The Morgan fingerprint density at radius 3 is 2.11 bits per heavy atom. The number of hydrogen-bond donors (Lipinski definition) is 2. The fraction of sp³-hybridized carbons (Fsp3) is 0.0345. The van der Waals surface area contributed by atoms with Gasteiger partial charge in [-0.2, -0.15) is 0 Å². The number of aromatic nitrogens is 1. The van der Waals surface area contributed by atoms with Crippen molar-refractivity contribution in [2.75, 3.05) is 10.0 Å². The van der Waals surface area contributed by atoms with Crippen molar-refractivity contribution in [3.63, 3.8) is 0 Å². The minimum Gasteiger partial charge on any atom is -0.298 e. The molecular formula is C29H23N3O3S2. The second-order valence-corrected chi connectivity index (χ2v) is 10.9. The van der Waals surface area contributed by atoms with Gasteiger partial charge in [-0.15, -0.1) is 11.3 Å². The molecule has 0 aliphatic carbocycles. The predicted molar refractivity (Wildman–Crippen MR) is 148 cm³/mol. The number of carbonyl (C=O) groups is 1. The number of carbonyl (C=O) groups excluding carboxylic acids is 1. The average Bonchev–Trinajstić information content (AvgIpc) is 3.39. The van der Waals surface area contributed by atoms with E-state index in [-0.39, 0.29) is 16.1 Å². The molecule has 1 aromatic heterocycles. The topological polar surface area (TPSA) is 88.2 Å². The number of anilines is 2. The van der Waals surface area contributed by atoms with Crippen LogP contribution in [-0.4, -0.2) is 19.3 Å². The third-order valence-electron chi connectivity index (χ3n) is 5.69. The van der Waals surface area contributed by atoms with Crippen LogP contribution in [0.3, 0.4) is 0 Å². The molecule has 0 fully saturated rings. The Morgan fingerprint density at radius 1 is 0.757 bits per heavy atom. The molecule has 1 heterocycles. The van der Waals surface area contributed by atoms with Crippen molar-refractivity contribution < 1.29 is 13.2 Å². The first-order chi connectivity index (χ1) is 18.0. The Labute approximate surface area is 219 Å². The van der Waals surface area contributed by atoms with Gasteiger partial charge in [-0.25, -0.2) is 13.4 Å². The Kier molecular flexibility index (Phi) is 7.11. The Morgan fingerprint density at radius 2 is 1.38 bits per heavy atom. The summed E-state index contributed by atoms with van der Waals surface area (Å²) in [5, 5.41) is 5.10. The lowest BCUT2D eigenvalue weighted by Crippen LogP contribution is -2.18. The maximum atomic E-state index is 13.0. The summed E-state index contributed by atoms with van der Waals surface area (Å²) in [4.78, 5) is 17.7. The lowest BCUT2D eigenvalue weighted by atomic mass is 10.0. The monoisotopic (exact) mass is 525 g/mol. The van der Waals surface area contributed by atoms with Gasteiger partial charge in [0.25, 0.3) is 15.9 Å². The number of sulfonamides is 1. The second-order valence-electron chi connectivity index (χ2n) is 8.32. The summed E-state index contributed by atoms with van der Waals surface area (Å²) in [6, 6.07) is 33.0. The molecule has 0 aliphatic rings. The van der Waals surface area contributed by atoms with E-state index in [1.807, 2.05) is 35.7 Å². The van der Waals surface area contributed by atoms with E-state index in [1.165, 1.54) is 34.6 Å². The first-order valence-electron chi connectivity index (χ1n) is 11.5. The van der Waals surface area contributed by atoms with Crippen LogP contribution < -0.4 is 10.0 Å². The van der Waals surface area contributed by atoms with Crippen LogP contribution in [-0.2, 0) is 16.4 Å². The minimum absolute atomic E-state index is 0.115. The van der Waals surface area contributed by atoms with E-state index >= 15 is 0 Å². The smallest absolute Gasteiger partial charge is 0.261 e. The molecule has 184 valence electrons. The summed E-state index contributed by atoms with van der Waals surface area (Å²) in [7, 11) is -3.84. The lowest BCUT2D eigenvalue weighted by molar-refractivity contribution is 0.102. The third-order valence-corrected chi connectivity index (χ3v) is 7.83. The van der Waals surface area contributed by atoms with E-state index in [9.17, 15) is 13.2 Å². The third kappa shape index (κ3) is 5.94. The van der Waals surface area contributed by atoms with Gasteiger partial charge >= 0.3 is 0 Å².